The van der Waals surface area contributed by atoms with Gasteiger partial charge in [0.1, 0.15) is 0 Å². The Morgan fingerprint density at radius 2 is 2.04 bits per heavy atom. The Balaban J connectivity index is 2.01. The fourth-order valence-electron chi connectivity index (χ4n) is 3.35. The van der Waals surface area contributed by atoms with Gasteiger partial charge in [0, 0.05) is 19.2 Å². The number of rotatable bonds is 8. The van der Waals surface area contributed by atoms with Gasteiger partial charge < -0.3 is 10.0 Å². The molecule has 0 radical (unpaired) electrons. The zero-order chi connectivity index (χ0) is 18.3. The molecule has 1 aliphatic rings. The van der Waals surface area contributed by atoms with Crippen molar-refractivity contribution in [2.75, 3.05) is 24.7 Å². The van der Waals surface area contributed by atoms with Crippen LogP contribution in [0.25, 0.3) is 0 Å². The van der Waals surface area contributed by atoms with Crippen LogP contribution in [0.4, 0.5) is 0 Å². The third-order valence-electron chi connectivity index (χ3n) is 4.73. The molecular formula is C19H29NO4S. The summed E-state index contributed by atoms with van der Waals surface area (Å²) in [5, 5.41) is 9.18. The molecule has 1 aromatic rings. The summed E-state index contributed by atoms with van der Waals surface area (Å²) < 4.78 is 23.6. The number of nitrogens with zero attached hydrogens (tertiary/aromatic N) is 1. The minimum Gasteiger partial charge on any atom is -0.396 e. The molecule has 0 aliphatic carbocycles. The molecule has 1 unspecified atom stereocenters. The van der Waals surface area contributed by atoms with Crippen LogP contribution in [0.15, 0.2) is 24.3 Å². The van der Waals surface area contributed by atoms with E-state index in [1.807, 2.05) is 12.1 Å². The van der Waals surface area contributed by atoms with Crippen molar-refractivity contribution < 1.29 is 18.3 Å². The van der Waals surface area contributed by atoms with E-state index in [0.29, 0.717) is 6.42 Å². The molecule has 140 valence electrons. The quantitative estimate of drug-likeness (QED) is 0.713. The second-order valence-electron chi connectivity index (χ2n) is 6.82. The number of carbonyl (C=O) groups is 1. The smallest absolute Gasteiger partial charge is 0.227 e. The Kier molecular flexibility index (Phi) is 7.44. The van der Waals surface area contributed by atoms with Crippen LogP contribution in [-0.4, -0.2) is 55.0 Å². The van der Waals surface area contributed by atoms with Crippen molar-refractivity contribution in [3.05, 3.63) is 35.4 Å². The average molecular weight is 368 g/mol. The topological polar surface area (TPSA) is 74.7 Å². The molecule has 2 rings (SSSR count). The van der Waals surface area contributed by atoms with Gasteiger partial charge in [-0.15, -0.1) is 0 Å². The minimum absolute atomic E-state index is 0.0116. The van der Waals surface area contributed by atoms with Crippen LogP contribution >= 0.6 is 0 Å². The number of sulfone groups is 1. The molecule has 1 saturated heterocycles. The van der Waals surface area contributed by atoms with Crippen molar-refractivity contribution in [2.24, 2.45) is 0 Å². The van der Waals surface area contributed by atoms with Gasteiger partial charge in [0.05, 0.1) is 17.9 Å². The van der Waals surface area contributed by atoms with Crippen LogP contribution in [0, 0.1) is 0 Å². The Morgan fingerprint density at radius 3 is 2.76 bits per heavy atom. The van der Waals surface area contributed by atoms with Gasteiger partial charge in [-0.3, -0.25) is 4.79 Å². The van der Waals surface area contributed by atoms with Gasteiger partial charge in [-0.05, 0) is 30.4 Å². The number of hydrogen-bond acceptors (Lipinski definition) is 4. The van der Waals surface area contributed by atoms with Crippen molar-refractivity contribution in [1.29, 1.82) is 0 Å². The second kappa shape index (κ2) is 9.34. The fraction of sp³-hybridized carbons (Fsp3) is 0.632. The lowest BCUT2D eigenvalue weighted by atomic mass is 10.0. The van der Waals surface area contributed by atoms with Crippen molar-refractivity contribution in [2.45, 2.75) is 51.5 Å². The van der Waals surface area contributed by atoms with E-state index in [4.69, 9.17) is 0 Å². The normalized spacial score (nSPS) is 19.8. The summed E-state index contributed by atoms with van der Waals surface area (Å²) >= 11 is 0. The van der Waals surface area contributed by atoms with E-state index in [9.17, 15) is 18.3 Å². The molecule has 1 aliphatic heterocycles. The summed E-state index contributed by atoms with van der Waals surface area (Å²) in [6.07, 6.45) is 5.14. The van der Waals surface area contributed by atoms with Crippen molar-refractivity contribution in [1.82, 2.24) is 4.90 Å². The lowest BCUT2D eigenvalue weighted by Gasteiger charge is -2.35. The third-order valence-corrected chi connectivity index (χ3v) is 6.43. The van der Waals surface area contributed by atoms with Gasteiger partial charge in [-0.2, -0.15) is 0 Å². The Hall–Kier alpha value is -1.40. The van der Waals surface area contributed by atoms with E-state index in [1.165, 1.54) is 18.4 Å². The molecule has 1 aromatic carbocycles. The summed E-state index contributed by atoms with van der Waals surface area (Å²) in [7, 11) is -3.12. The maximum Gasteiger partial charge on any atom is 0.227 e. The van der Waals surface area contributed by atoms with Gasteiger partial charge in [0.2, 0.25) is 5.91 Å². The molecule has 0 bridgehead atoms. The van der Waals surface area contributed by atoms with E-state index in [1.54, 1.807) is 4.90 Å². The highest BCUT2D eigenvalue weighted by molar-refractivity contribution is 7.91. The molecule has 1 amide bonds. The van der Waals surface area contributed by atoms with Crippen LogP contribution < -0.4 is 0 Å². The number of amides is 1. The number of hydrogen-bond donors (Lipinski definition) is 1. The number of aliphatic hydroxyl groups is 1. The van der Waals surface area contributed by atoms with Gasteiger partial charge in [-0.25, -0.2) is 8.42 Å². The highest BCUT2D eigenvalue weighted by Gasteiger charge is 2.33. The zero-order valence-corrected chi connectivity index (χ0v) is 15.8. The van der Waals surface area contributed by atoms with Gasteiger partial charge in [0.15, 0.2) is 9.84 Å². The molecule has 25 heavy (non-hydrogen) atoms. The lowest BCUT2D eigenvalue weighted by molar-refractivity contribution is -0.132. The Morgan fingerprint density at radius 1 is 1.28 bits per heavy atom. The summed E-state index contributed by atoms with van der Waals surface area (Å²) in [5.74, 6) is -0.0901. The van der Waals surface area contributed by atoms with Crippen LogP contribution in [0.2, 0.25) is 0 Å². The first kappa shape index (κ1) is 19.9. The van der Waals surface area contributed by atoms with Crippen LogP contribution in [0.1, 0.15) is 43.7 Å². The van der Waals surface area contributed by atoms with Crippen LogP contribution in [-0.2, 0) is 27.5 Å². The third kappa shape index (κ3) is 6.12. The highest BCUT2D eigenvalue weighted by Crippen LogP contribution is 2.17. The molecule has 0 spiro atoms. The SMILES string of the molecule is CCCCCc1cccc(CC(=O)N2CCS(=O)(=O)CC2CCO)c1. The summed E-state index contributed by atoms with van der Waals surface area (Å²) in [5.41, 5.74) is 2.21. The van der Waals surface area contributed by atoms with E-state index in [0.717, 1.165) is 18.4 Å². The maximum absolute atomic E-state index is 12.7. The number of unbranched alkanes of at least 4 members (excludes halogenated alkanes) is 2. The molecule has 0 aromatic heterocycles. The van der Waals surface area contributed by atoms with Gasteiger partial charge >= 0.3 is 0 Å². The molecule has 6 heteroatoms. The molecule has 1 N–H and O–H groups in total. The van der Waals surface area contributed by atoms with E-state index >= 15 is 0 Å². The monoisotopic (exact) mass is 367 g/mol. The molecule has 1 atom stereocenters. The molecule has 1 fully saturated rings. The lowest BCUT2D eigenvalue weighted by Crippen LogP contribution is -2.52. The number of aliphatic hydroxyl groups excluding tert-OH is 1. The minimum atomic E-state index is -3.12. The van der Waals surface area contributed by atoms with Gasteiger partial charge in [0.25, 0.3) is 0 Å². The number of benzene rings is 1. The standard InChI is InChI=1S/C19H29NO4S/c1-2-3-4-6-16-7-5-8-17(13-16)14-19(22)20-10-12-25(23,24)15-18(20)9-11-21/h5,7-8,13,18,21H,2-4,6,9-12,14-15H2,1H3. The largest absolute Gasteiger partial charge is 0.396 e. The summed E-state index contributed by atoms with van der Waals surface area (Å²) in [4.78, 5) is 14.3. The average Bonchev–Trinajstić information content (AvgIpc) is 2.55. The molecular weight excluding hydrogens is 338 g/mol. The molecule has 0 saturated carbocycles. The summed E-state index contributed by atoms with van der Waals surface area (Å²) in [6.45, 7) is 2.29. The van der Waals surface area contributed by atoms with E-state index < -0.39 is 15.9 Å². The van der Waals surface area contributed by atoms with Crippen LogP contribution in [0.5, 0.6) is 0 Å². The van der Waals surface area contributed by atoms with E-state index in [-0.39, 0.29) is 37.0 Å². The maximum atomic E-state index is 12.7. The molecule has 5 nitrogen and oxygen atoms in total. The number of aryl methyl sites for hydroxylation is 1. The first-order chi connectivity index (χ1) is 11.9. The number of carbonyl (C=O) groups excluding carboxylic acids is 1. The first-order valence-electron chi connectivity index (χ1n) is 9.13. The fourth-order valence-corrected chi connectivity index (χ4v) is 4.93. The predicted molar refractivity (Wildman–Crippen MR) is 99.2 cm³/mol. The molecule has 1 heterocycles. The van der Waals surface area contributed by atoms with Crippen molar-refractivity contribution in [3.63, 3.8) is 0 Å². The van der Waals surface area contributed by atoms with Crippen molar-refractivity contribution in [3.8, 4) is 0 Å². The first-order valence-corrected chi connectivity index (χ1v) is 11.0. The highest BCUT2D eigenvalue weighted by atomic mass is 32.2. The van der Waals surface area contributed by atoms with Gasteiger partial charge in [-0.1, -0.05) is 44.0 Å². The van der Waals surface area contributed by atoms with Crippen molar-refractivity contribution >= 4 is 15.7 Å². The second-order valence-corrected chi connectivity index (χ2v) is 9.05. The Bertz CT molecular complexity index is 672. The van der Waals surface area contributed by atoms with Crippen LogP contribution in [0.3, 0.4) is 0 Å². The summed E-state index contributed by atoms with van der Waals surface area (Å²) in [6, 6.07) is 7.68. The Labute approximate surface area is 151 Å². The zero-order valence-electron chi connectivity index (χ0n) is 15.0. The van der Waals surface area contributed by atoms with E-state index in [2.05, 4.69) is 19.1 Å². The predicted octanol–water partition coefficient (Wildman–Crippen LogP) is 1.97.